The number of fused-ring (bicyclic) bond motifs is 1. The van der Waals surface area contributed by atoms with Crippen LogP contribution in [0.3, 0.4) is 0 Å². The fraction of sp³-hybridized carbons (Fsp3) is 0.312. The van der Waals surface area contributed by atoms with Crippen molar-refractivity contribution in [2.75, 3.05) is 13.1 Å². The molecule has 1 aliphatic heterocycles. The van der Waals surface area contributed by atoms with Gasteiger partial charge >= 0.3 is 0 Å². The molecule has 0 aliphatic carbocycles. The zero-order valence-electron chi connectivity index (χ0n) is 11.8. The van der Waals surface area contributed by atoms with Gasteiger partial charge in [-0.15, -0.1) is 0 Å². The van der Waals surface area contributed by atoms with Gasteiger partial charge in [-0.25, -0.2) is 9.97 Å². The predicted molar refractivity (Wildman–Crippen MR) is 80.7 cm³/mol. The van der Waals surface area contributed by atoms with Gasteiger partial charge in [0.15, 0.2) is 0 Å². The summed E-state index contributed by atoms with van der Waals surface area (Å²) in [6.07, 6.45) is 6.69. The smallest absolute Gasteiger partial charge is 0.142 e. The zero-order valence-corrected chi connectivity index (χ0v) is 11.8. The van der Waals surface area contributed by atoms with E-state index < -0.39 is 0 Å². The third-order valence-electron chi connectivity index (χ3n) is 4.08. The zero-order chi connectivity index (χ0) is 14.1. The molecule has 2 aromatic heterocycles. The summed E-state index contributed by atoms with van der Waals surface area (Å²) in [6, 6.07) is 10.7. The van der Waals surface area contributed by atoms with Gasteiger partial charge in [0.05, 0.1) is 24.3 Å². The molecule has 0 amide bonds. The van der Waals surface area contributed by atoms with E-state index in [1.54, 1.807) is 12.4 Å². The van der Waals surface area contributed by atoms with E-state index in [1.807, 2.05) is 12.3 Å². The molecule has 0 unspecified atom stereocenters. The molecule has 5 nitrogen and oxygen atoms in total. The average molecular weight is 279 g/mol. The van der Waals surface area contributed by atoms with Gasteiger partial charge in [0.2, 0.25) is 0 Å². The summed E-state index contributed by atoms with van der Waals surface area (Å²) in [7, 11) is 0. The monoisotopic (exact) mass is 279 g/mol. The van der Waals surface area contributed by atoms with Crippen LogP contribution < -0.4 is 0 Å². The molecule has 0 saturated carbocycles. The Kier molecular flexibility index (Phi) is 3.12. The Labute approximate surface area is 123 Å². The summed E-state index contributed by atoms with van der Waals surface area (Å²) in [5.74, 6) is 0.892. The third-order valence-corrected chi connectivity index (χ3v) is 4.08. The minimum atomic E-state index is 0.439. The van der Waals surface area contributed by atoms with Crippen molar-refractivity contribution in [1.29, 1.82) is 0 Å². The Hall–Kier alpha value is -2.27. The molecule has 3 aromatic rings. The molecular formula is C16H17N5. The third kappa shape index (κ3) is 2.40. The Morgan fingerprint density at radius 3 is 2.86 bits per heavy atom. The van der Waals surface area contributed by atoms with Crippen LogP contribution in [0.15, 0.2) is 48.9 Å². The molecule has 0 bridgehead atoms. The molecule has 1 aliphatic rings. The summed E-state index contributed by atoms with van der Waals surface area (Å²) in [5.41, 5.74) is 1.22. The van der Waals surface area contributed by atoms with Gasteiger partial charge in [-0.2, -0.15) is 5.10 Å². The molecule has 1 atom stereocenters. The van der Waals surface area contributed by atoms with Crippen LogP contribution in [0.2, 0.25) is 0 Å². The fourth-order valence-electron chi connectivity index (χ4n) is 3.05. The Morgan fingerprint density at radius 1 is 1.10 bits per heavy atom. The first-order valence-corrected chi connectivity index (χ1v) is 7.31. The number of para-hydroxylation sites is 1. The maximum atomic E-state index is 4.58. The second kappa shape index (κ2) is 5.26. The van der Waals surface area contributed by atoms with Crippen LogP contribution in [0.5, 0.6) is 0 Å². The summed E-state index contributed by atoms with van der Waals surface area (Å²) < 4.78 is 2.17. The first-order valence-electron chi connectivity index (χ1n) is 7.31. The molecule has 5 heteroatoms. The van der Waals surface area contributed by atoms with Gasteiger partial charge in [-0.3, -0.25) is 9.58 Å². The molecule has 1 aromatic carbocycles. The van der Waals surface area contributed by atoms with Gasteiger partial charge in [-0.1, -0.05) is 18.2 Å². The Morgan fingerprint density at radius 2 is 1.95 bits per heavy atom. The van der Waals surface area contributed by atoms with Gasteiger partial charge in [0, 0.05) is 30.9 Å². The normalized spacial score (nSPS) is 19.3. The van der Waals surface area contributed by atoms with Crippen LogP contribution in [0.25, 0.3) is 10.9 Å². The highest BCUT2D eigenvalue weighted by Crippen LogP contribution is 2.25. The van der Waals surface area contributed by atoms with Crippen molar-refractivity contribution in [2.24, 2.45) is 0 Å². The van der Waals surface area contributed by atoms with E-state index in [1.165, 1.54) is 10.9 Å². The van der Waals surface area contributed by atoms with Crippen LogP contribution in [0.4, 0.5) is 0 Å². The van der Waals surface area contributed by atoms with Crippen molar-refractivity contribution in [3.63, 3.8) is 0 Å². The van der Waals surface area contributed by atoms with Crippen molar-refractivity contribution < 1.29 is 0 Å². The molecule has 3 heterocycles. The summed E-state index contributed by atoms with van der Waals surface area (Å²) in [4.78, 5) is 11.0. The molecule has 4 rings (SSSR count). The van der Waals surface area contributed by atoms with Gasteiger partial charge in [-0.05, 0) is 18.6 Å². The first-order chi connectivity index (χ1) is 10.4. The maximum Gasteiger partial charge on any atom is 0.142 e. The fourth-order valence-corrected chi connectivity index (χ4v) is 3.05. The molecule has 106 valence electrons. The lowest BCUT2D eigenvalue weighted by Gasteiger charge is -2.15. The molecule has 21 heavy (non-hydrogen) atoms. The van der Waals surface area contributed by atoms with Crippen molar-refractivity contribution >= 4 is 10.9 Å². The highest BCUT2D eigenvalue weighted by molar-refractivity contribution is 5.78. The SMILES string of the molecule is c1cnc(CN2CC[C@H](n3ncc4ccccc43)C2)nc1. The lowest BCUT2D eigenvalue weighted by atomic mass is 10.2. The molecule has 1 fully saturated rings. The van der Waals surface area contributed by atoms with Crippen LogP contribution in [0.1, 0.15) is 18.3 Å². The second-order valence-electron chi connectivity index (χ2n) is 5.49. The van der Waals surface area contributed by atoms with E-state index in [4.69, 9.17) is 0 Å². The van der Waals surface area contributed by atoms with Crippen LogP contribution in [0, 0.1) is 0 Å². The maximum absolute atomic E-state index is 4.58. The Bertz CT molecular complexity index is 737. The molecule has 1 saturated heterocycles. The van der Waals surface area contributed by atoms with E-state index >= 15 is 0 Å². The second-order valence-corrected chi connectivity index (χ2v) is 5.49. The number of benzene rings is 1. The lowest BCUT2D eigenvalue weighted by molar-refractivity contribution is 0.305. The molecular weight excluding hydrogens is 262 g/mol. The van der Waals surface area contributed by atoms with E-state index in [0.717, 1.165) is 31.9 Å². The number of rotatable bonds is 3. The standard InChI is InChI=1S/C16H17N5/c1-2-5-15-13(4-1)10-19-21(15)14-6-9-20(11-14)12-16-17-7-3-8-18-16/h1-5,7-8,10,14H,6,9,11-12H2/t14-/m0/s1. The number of hydrogen-bond acceptors (Lipinski definition) is 4. The summed E-state index contributed by atoms with van der Waals surface area (Å²) in [5, 5.41) is 5.79. The van der Waals surface area contributed by atoms with E-state index in [9.17, 15) is 0 Å². The molecule has 0 N–H and O–H groups in total. The summed E-state index contributed by atoms with van der Waals surface area (Å²) in [6.45, 7) is 2.89. The Balaban J connectivity index is 1.51. The number of likely N-dealkylation sites (tertiary alicyclic amines) is 1. The van der Waals surface area contributed by atoms with Crippen LogP contribution in [-0.2, 0) is 6.54 Å². The molecule has 0 radical (unpaired) electrons. The van der Waals surface area contributed by atoms with Gasteiger partial charge < -0.3 is 0 Å². The number of aromatic nitrogens is 4. The van der Waals surface area contributed by atoms with Gasteiger partial charge in [0.25, 0.3) is 0 Å². The number of nitrogens with zero attached hydrogens (tertiary/aromatic N) is 5. The van der Waals surface area contributed by atoms with Gasteiger partial charge in [0.1, 0.15) is 5.82 Å². The lowest BCUT2D eigenvalue weighted by Crippen LogP contribution is -2.22. The topological polar surface area (TPSA) is 46.8 Å². The van der Waals surface area contributed by atoms with E-state index in [-0.39, 0.29) is 0 Å². The minimum Gasteiger partial charge on any atom is -0.294 e. The average Bonchev–Trinajstić information content (AvgIpc) is 3.14. The van der Waals surface area contributed by atoms with Crippen molar-refractivity contribution in [3.05, 3.63) is 54.7 Å². The van der Waals surface area contributed by atoms with E-state index in [2.05, 4.69) is 48.9 Å². The predicted octanol–water partition coefficient (Wildman–Crippen LogP) is 2.27. The quantitative estimate of drug-likeness (QED) is 0.738. The number of hydrogen-bond donors (Lipinski definition) is 0. The first kappa shape index (κ1) is 12.5. The van der Waals surface area contributed by atoms with E-state index in [0.29, 0.717) is 6.04 Å². The van der Waals surface area contributed by atoms with Crippen LogP contribution in [-0.4, -0.2) is 37.7 Å². The summed E-state index contributed by atoms with van der Waals surface area (Å²) >= 11 is 0. The largest absolute Gasteiger partial charge is 0.294 e. The highest BCUT2D eigenvalue weighted by atomic mass is 15.3. The molecule has 0 spiro atoms. The van der Waals surface area contributed by atoms with Crippen LogP contribution >= 0.6 is 0 Å². The van der Waals surface area contributed by atoms with Crippen molar-refractivity contribution in [3.8, 4) is 0 Å². The minimum absolute atomic E-state index is 0.439. The highest BCUT2D eigenvalue weighted by Gasteiger charge is 2.25. The van der Waals surface area contributed by atoms with Crippen molar-refractivity contribution in [2.45, 2.75) is 19.0 Å². The van der Waals surface area contributed by atoms with Crippen molar-refractivity contribution in [1.82, 2.24) is 24.6 Å².